The molecule has 2 aliphatic heterocycles. The molecule has 164 valence electrons. The van der Waals surface area contributed by atoms with E-state index >= 15 is 0 Å². The Labute approximate surface area is 175 Å². The van der Waals surface area contributed by atoms with Crippen molar-refractivity contribution in [3.63, 3.8) is 0 Å². The minimum atomic E-state index is -0.670. The van der Waals surface area contributed by atoms with Gasteiger partial charge < -0.3 is 30.7 Å². The van der Waals surface area contributed by atoms with Crippen LogP contribution in [0.15, 0.2) is 36.4 Å². The summed E-state index contributed by atoms with van der Waals surface area (Å²) >= 11 is 0. The molecule has 0 saturated carbocycles. The molecule has 2 aliphatic rings. The number of carbonyl (C=O) groups excluding carboxylic acids is 2. The summed E-state index contributed by atoms with van der Waals surface area (Å²) in [5, 5.41) is 17.8. The fraction of sp³-hybridized carbons (Fsp3) is 0.524. The van der Waals surface area contributed by atoms with Gasteiger partial charge in [-0.3, -0.25) is 4.79 Å². The lowest BCUT2D eigenvalue weighted by molar-refractivity contribution is -0.125. The molecule has 0 aromatic heterocycles. The molecule has 1 saturated heterocycles. The number of ether oxygens (including phenoxy) is 1. The minimum absolute atomic E-state index is 0.110. The highest BCUT2D eigenvalue weighted by atomic mass is 19.1. The number of nitrogens with zero attached hydrogens (tertiary/aromatic N) is 1. The van der Waals surface area contributed by atoms with E-state index in [1.807, 2.05) is 0 Å². The number of urea groups is 1. The summed E-state index contributed by atoms with van der Waals surface area (Å²) in [6, 6.07) is 4.34. The van der Waals surface area contributed by atoms with Crippen molar-refractivity contribution in [1.82, 2.24) is 15.5 Å². The molecule has 8 nitrogen and oxygen atoms in total. The Morgan fingerprint density at radius 1 is 1.17 bits per heavy atom. The molecule has 1 aromatic carbocycles. The quantitative estimate of drug-likeness (QED) is 0.474. The zero-order valence-corrected chi connectivity index (χ0v) is 16.9. The second-order valence-corrected chi connectivity index (χ2v) is 7.51. The largest absolute Gasteiger partial charge is 0.394 e. The first-order chi connectivity index (χ1) is 14.5. The molecule has 4 N–H and O–H groups in total. The first kappa shape index (κ1) is 22.2. The zero-order chi connectivity index (χ0) is 21.3. The van der Waals surface area contributed by atoms with Gasteiger partial charge in [-0.05, 0) is 50.2 Å². The highest BCUT2D eigenvalue weighted by molar-refractivity contribution is 5.89. The predicted molar refractivity (Wildman–Crippen MR) is 111 cm³/mol. The molecule has 3 amide bonds. The molecule has 30 heavy (non-hydrogen) atoms. The van der Waals surface area contributed by atoms with Gasteiger partial charge in [0.1, 0.15) is 11.9 Å². The lowest BCUT2D eigenvalue weighted by atomic mass is 10.0. The maximum Gasteiger partial charge on any atom is 0.319 e. The highest BCUT2D eigenvalue weighted by Crippen LogP contribution is 2.16. The van der Waals surface area contributed by atoms with Crippen molar-refractivity contribution < 1.29 is 23.8 Å². The third-order valence-electron chi connectivity index (χ3n) is 5.20. The summed E-state index contributed by atoms with van der Waals surface area (Å²) in [5.41, 5.74) is 0.443. The first-order valence-electron chi connectivity index (χ1n) is 10.3. The summed E-state index contributed by atoms with van der Waals surface area (Å²) in [7, 11) is 0. The normalized spacial score (nSPS) is 23.9. The SMILES string of the molecule is O=C(C[C@H]1C=C[C@H](NC(=O)Nc2ccc(F)cc2)[C@@H](CO)O1)NCCN1CCCC1. The van der Waals surface area contributed by atoms with Crippen molar-refractivity contribution in [2.75, 3.05) is 38.1 Å². The zero-order valence-electron chi connectivity index (χ0n) is 16.9. The first-order valence-corrected chi connectivity index (χ1v) is 10.3. The highest BCUT2D eigenvalue weighted by Gasteiger charge is 2.29. The van der Waals surface area contributed by atoms with Crippen LogP contribution in [0.25, 0.3) is 0 Å². The van der Waals surface area contributed by atoms with E-state index in [0.29, 0.717) is 12.2 Å². The van der Waals surface area contributed by atoms with Gasteiger partial charge in [-0.15, -0.1) is 0 Å². The van der Waals surface area contributed by atoms with E-state index in [1.165, 1.54) is 37.1 Å². The molecule has 2 heterocycles. The summed E-state index contributed by atoms with van der Waals surface area (Å²) < 4.78 is 18.7. The van der Waals surface area contributed by atoms with Gasteiger partial charge in [0.05, 0.1) is 25.2 Å². The van der Waals surface area contributed by atoms with Crippen molar-refractivity contribution in [1.29, 1.82) is 0 Å². The third kappa shape index (κ3) is 6.79. The van der Waals surface area contributed by atoms with Crippen LogP contribution >= 0.6 is 0 Å². The van der Waals surface area contributed by atoms with Crippen molar-refractivity contribution in [3.05, 3.63) is 42.2 Å². The maximum atomic E-state index is 12.9. The van der Waals surface area contributed by atoms with Crippen LogP contribution in [0, 0.1) is 5.82 Å². The van der Waals surface area contributed by atoms with Crippen LogP contribution in [0.2, 0.25) is 0 Å². The van der Waals surface area contributed by atoms with Gasteiger partial charge >= 0.3 is 6.03 Å². The predicted octanol–water partition coefficient (Wildman–Crippen LogP) is 1.23. The molecule has 9 heteroatoms. The third-order valence-corrected chi connectivity index (χ3v) is 5.20. The van der Waals surface area contributed by atoms with Crippen LogP contribution in [-0.2, 0) is 9.53 Å². The summed E-state index contributed by atoms with van der Waals surface area (Å²) in [6.07, 6.45) is 4.89. The van der Waals surface area contributed by atoms with E-state index in [2.05, 4.69) is 20.9 Å². The number of nitrogens with one attached hydrogen (secondary N) is 3. The smallest absolute Gasteiger partial charge is 0.319 e. The molecule has 0 bridgehead atoms. The van der Waals surface area contributed by atoms with Gasteiger partial charge in [0.2, 0.25) is 5.91 Å². The number of aliphatic hydroxyl groups excluding tert-OH is 1. The van der Waals surface area contributed by atoms with Crippen molar-refractivity contribution >= 4 is 17.6 Å². The van der Waals surface area contributed by atoms with Gasteiger partial charge in [0, 0.05) is 18.8 Å². The van der Waals surface area contributed by atoms with Gasteiger partial charge in [-0.25, -0.2) is 9.18 Å². The summed E-state index contributed by atoms with van der Waals surface area (Å²) in [5.74, 6) is -0.503. The van der Waals surface area contributed by atoms with E-state index in [1.54, 1.807) is 12.2 Å². The summed E-state index contributed by atoms with van der Waals surface area (Å²) in [4.78, 5) is 26.6. The number of benzene rings is 1. The van der Waals surface area contributed by atoms with Crippen LogP contribution in [0.4, 0.5) is 14.9 Å². The number of amides is 3. The Balaban J connectivity index is 1.43. The van der Waals surface area contributed by atoms with E-state index < -0.39 is 30.1 Å². The second kappa shape index (κ2) is 11.1. The number of carbonyl (C=O) groups is 2. The van der Waals surface area contributed by atoms with Crippen LogP contribution in [0.1, 0.15) is 19.3 Å². The average Bonchev–Trinajstić information content (AvgIpc) is 3.24. The average molecular weight is 420 g/mol. The number of halogens is 1. The van der Waals surface area contributed by atoms with Crippen LogP contribution < -0.4 is 16.0 Å². The Hall–Kier alpha value is -2.49. The molecule has 3 rings (SSSR count). The monoisotopic (exact) mass is 420 g/mol. The van der Waals surface area contributed by atoms with Crippen molar-refractivity contribution in [2.24, 2.45) is 0 Å². The van der Waals surface area contributed by atoms with Gasteiger partial charge in [0.15, 0.2) is 0 Å². The van der Waals surface area contributed by atoms with Gasteiger partial charge in [-0.1, -0.05) is 12.2 Å². The Kier molecular flexibility index (Phi) is 8.18. The van der Waals surface area contributed by atoms with Gasteiger partial charge in [-0.2, -0.15) is 0 Å². The number of hydrogen-bond donors (Lipinski definition) is 4. The number of aliphatic hydroxyl groups is 1. The molecule has 1 fully saturated rings. The Bertz CT molecular complexity index is 737. The Morgan fingerprint density at radius 2 is 1.90 bits per heavy atom. The van der Waals surface area contributed by atoms with Crippen LogP contribution in [0.5, 0.6) is 0 Å². The molecular weight excluding hydrogens is 391 g/mol. The van der Waals surface area contributed by atoms with Crippen molar-refractivity contribution in [3.8, 4) is 0 Å². The van der Waals surface area contributed by atoms with E-state index in [4.69, 9.17) is 4.74 Å². The lowest BCUT2D eigenvalue weighted by Crippen LogP contribution is -2.50. The lowest BCUT2D eigenvalue weighted by Gasteiger charge is -2.31. The number of likely N-dealkylation sites (tertiary alicyclic amines) is 1. The van der Waals surface area contributed by atoms with E-state index in [9.17, 15) is 19.1 Å². The molecule has 0 aliphatic carbocycles. The molecule has 1 aromatic rings. The standard InChI is InChI=1S/C21H29FN4O4/c22-15-3-5-16(6-4-15)24-21(29)25-18-8-7-17(30-19(18)14-27)13-20(28)23-9-12-26-10-1-2-11-26/h3-8,17-19,27H,1-2,9-14H2,(H,23,28)(H2,24,25,29)/t17-,18+,19-/m1/s1. The molecular formula is C21H29FN4O4. The van der Waals surface area contributed by atoms with Gasteiger partial charge in [0.25, 0.3) is 0 Å². The fourth-order valence-electron chi connectivity index (χ4n) is 3.60. The molecule has 3 atom stereocenters. The molecule has 0 spiro atoms. The van der Waals surface area contributed by atoms with Crippen molar-refractivity contribution in [2.45, 2.75) is 37.5 Å². The maximum absolute atomic E-state index is 12.9. The number of hydrogen-bond acceptors (Lipinski definition) is 5. The van der Waals surface area contributed by atoms with Crippen LogP contribution in [0.3, 0.4) is 0 Å². The molecule has 0 radical (unpaired) electrons. The van der Waals surface area contributed by atoms with E-state index in [0.717, 1.165) is 19.6 Å². The fourth-order valence-corrected chi connectivity index (χ4v) is 3.60. The van der Waals surface area contributed by atoms with Crippen LogP contribution in [-0.4, -0.2) is 73.0 Å². The molecule has 0 unspecified atom stereocenters. The number of anilines is 1. The minimum Gasteiger partial charge on any atom is -0.394 e. The topological polar surface area (TPSA) is 103 Å². The van der Waals surface area contributed by atoms with E-state index in [-0.39, 0.29) is 18.9 Å². The summed E-state index contributed by atoms with van der Waals surface area (Å²) in [6.45, 7) is 3.32. The Morgan fingerprint density at radius 3 is 2.60 bits per heavy atom. The second-order valence-electron chi connectivity index (χ2n) is 7.51. The number of rotatable bonds is 8.